The van der Waals surface area contributed by atoms with Gasteiger partial charge in [-0.05, 0) is 47.5 Å². The highest BCUT2D eigenvalue weighted by atomic mass is 79.9. The van der Waals surface area contributed by atoms with Crippen LogP contribution in [0.4, 0.5) is 5.69 Å². The van der Waals surface area contributed by atoms with Crippen LogP contribution in [-0.2, 0) is 4.74 Å². The number of aliphatic hydroxyl groups excluding tert-OH is 1. The van der Waals surface area contributed by atoms with Crippen LogP contribution in [0.5, 0.6) is 0 Å². The molecule has 1 atom stereocenters. The van der Waals surface area contributed by atoms with E-state index in [1.54, 1.807) is 14.0 Å². The van der Waals surface area contributed by atoms with E-state index in [2.05, 4.69) is 27.8 Å². The summed E-state index contributed by atoms with van der Waals surface area (Å²) >= 11 is 3.56. The van der Waals surface area contributed by atoms with Crippen LogP contribution in [0, 0.1) is 0 Å². The third kappa shape index (κ3) is 3.98. The highest BCUT2D eigenvalue weighted by Crippen LogP contribution is 2.29. The minimum Gasteiger partial charge on any atom is -0.389 e. The maximum absolute atomic E-state index is 9.52. The van der Waals surface area contributed by atoms with Crippen LogP contribution in [0.3, 0.4) is 0 Å². The van der Waals surface area contributed by atoms with Crippen LogP contribution in [0.15, 0.2) is 22.7 Å². The molecular formula is C13H20BrNO2. The van der Waals surface area contributed by atoms with Gasteiger partial charge in [0.05, 0.1) is 18.4 Å². The van der Waals surface area contributed by atoms with Gasteiger partial charge in [-0.25, -0.2) is 0 Å². The first-order chi connectivity index (χ1) is 8.10. The molecule has 0 aliphatic rings. The third-order valence-corrected chi connectivity index (χ3v) is 3.38. The molecule has 17 heavy (non-hydrogen) atoms. The maximum Gasteiger partial charge on any atom is 0.0762 e. The van der Waals surface area contributed by atoms with Crippen molar-refractivity contribution >= 4 is 21.6 Å². The summed E-state index contributed by atoms with van der Waals surface area (Å²) in [7, 11) is 1.71. The van der Waals surface area contributed by atoms with Crippen molar-refractivity contribution in [1.82, 2.24) is 0 Å². The van der Waals surface area contributed by atoms with Crippen LogP contribution >= 0.6 is 15.9 Å². The van der Waals surface area contributed by atoms with Crippen molar-refractivity contribution in [3.63, 3.8) is 0 Å². The van der Waals surface area contributed by atoms with Gasteiger partial charge in [0.25, 0.3) is 0 Å². The van der Waals surface area contributed by atoms with Crippen LogP contribution in [-0.4, -0.2) is 31.9 Å². The molecule has 0 aliphatic carbocycles. The summed E-state index contributed by atoms with van der Waals surface area (Å²) < 4.78 is 6.11. The van der Waals surface area contributed by atoms with Crippen molar-refractivity contribution in [3.8, 4) is 0 Å². The molecule has 1 aromatic rings. The normalized spacial score (nSPS) is 12.5. The Morgan fingerprint density at radius 3 is 2.65 bits per heavy atom. The molecule has 1 rings (SSSR count). The maximum atomic E-state index is 9.52. The highest BCUT2D eigenvalue weighted by Gasteiger charge is 2.10. The van der Waals surface area contributed by atoms with Gasteiger partial charge in [0.15, 0.2) is 0 Å². The first-order valence-corrected chi connectivity index (χ1v) is 6.60. The largest absolute Gasteiger partial charge is 0.389 e. The molecular weight excluding hydrogens is 282 g/mol. The summed E-state index contributed by atoms with van der Waals surface area (Å²) in [6, 6.07) is 5.96. The Labute approximate surface area is 112 Å². The summed E-state index contributed by atoms with van der Waals surface area (Å²) in [6.07, 6.45) is -0.436. The van der Waals surface area contributed by atoms with E-state index in [1.165, 1.54) is 0 Å². The predicted molar refractivity (Wildman–Crippen MR) is 74.5 cm³/mol. The van der Waals surface area contributed by atoms with E-state index < -0.39 is 6.10 Å². The average molecular weight is 302 g/mol. The average Bonchev–Trinajstić information content (AvgIpc) is 2.31. The fourth-order valence-electron chi connectivity index (χ4n) is 1.69. The third-order valence-electron chi connectivity index (χ3n) is 2.74. The molecule has 0 radical (unpaired) electrons. The summed E-state index contributed by atoms with van der Waals surface area (Å²) in [6.45, 7) is 6.38. The van der Waals surface area contributed by atoms with Crippen LogP contribution < -0.4 is 4.90 Å². The Morgan fingerprint density at radius 2 is 2.18 bits per heavy atom. The molecule has 0 saturated carbocycles. The van der Waals surface area contributed by atoms with Crippen molar-refractivity contribution in [2.24, 2.45) is 0 Å². The Morgan fingerprint density at radius 1 is 1.47 bits per heavy atom. The molecule has 96 valence electrons. The van der Waals surface area contributed by atoms with Crippen LogP contribution in [0.1, 0.15) is 25.5 Å². The lowest BCUT2D eigenvalue weighted by Gasteiger charge is -2.24. The summed E-state index contributed by atoms with van der Waals surface area (Å²) in [5, 5.41) is 9.52. The van der Waals surface area contributed by atoms with Gasteiger partial charge in [-0.2, -0.15) is 0 Å². The van der Waals surface area contributed by atoms with Gasteiger partial charge in [0.1, 0.15) is 0 Å². The number of aliphatic hydroxyl groups is 1. The summed E-state index contributed by atoms with van der Waals surface area (Å²) in [4.78, 5) is 2.24. The number of hydrogen-bond acceptors (Lipinski definition) is 3. The smallest absolute Gasteiger partial charge is 0.0762 e. The Balaban J connectivity index is 2.88. The topological polar surface area (TPSA) is 32.7 Å². The van der Waals surface area contributed by atoms with E-state index in [4.69, 9.17) is 4.74 Å². The van der Waals surface area contributed by atoms with Gasteiger partial charge < -0.3 is 14.7 Å². The molecule has 4 heteroatoms. The molecule has 0 heterocycles. The molecule has 3 nitrogen and oxygen atoms in total. The molecule has 0 fully saturated rings. The van der Waals surface area contributed by atoms with E-state index in [-0.39, 0.29) is 0 Å². The summed E-state index contributed by atoms with van der Waals surface area (Å²) in [5.41, 5.74) is 2.05. The molecule has 0 bridgehead atoms. The van der Waals surface area contributed by atoms with Crippen molar-refractivity contribution < 1.29 is 9.84 Å². The number of ether oxygens (including phenoxy) is 1. The van der Waals surface area contributed by atoms with Gasteiger partial charge in [-0.1, -0.05) is 6.07 Å². The number of hydrogen-bond donors (Lipinski definition) is 1. The van der Waals surface area contributed by atoms with Crippen molar-refractivity contribution in [3.05, 3.63) is 28.2 Å². The van der Waals surface area contributed by atoms with Crippen LogP contribution in [0.25, 0.3) is 0 Å². The SMILES string of the molecule is CCN(CCOC)c1ccc(C(C)O)cc1Br. The van der Waals surface area contributed by atoms with E-state index in [0.29, 0.717) is 6.61 Å². The first kappa shape index (κ1) is 14.5. The zero-order valence-corrected chi connectivity index (χ0v) is 12.2. The lowest BCUT2D eigenvalue weighted by atomic mass is 10.1. The number of halogens is 1. The van der Waals surface area contributed by atoms with E-state index >= 15 is 0 Å². The van der Waals surface area contributed by atoms with Crippen molar-refractivity contribution in [2.45, 2.75) is 20.0 Å². The lowest BCUT2D eigenvalue weighted by Crippen LogP contribution is -2.27. The minimum atomic E-state index is -0.436. The molecule has 0 amide bonds. The Bertz CT molecular complexity index is 355. The zero-order chi connectivity index (χ0) is 12.8. The fourth-order valence-corrected chi connectivity index (χ4v) is 2.34. The molecule has 0 aromatic heterocycles. The number of likely N-dealkylation sites (N-methyl/N-ethyl adjacent to an activating group) is 1. The van der Waals surface area contributed by atoms with Gasteiger partial charge in [0, 0.05) is 24.7 Å². The molecule has 1 N–H and O–H groups in total. The van der Waals surface area contributed by atoms with Gasteiger partial charge in [0.2, 0.25) is 0 Å². The standard InChI is InChI=1S/C13H20BrNO2/c1-4-15(7-8-17-3)13-6-5-11(10(2)16)9-12(13)14/h5-6,9-10,16H,4,7-8H2,1-3H3. The zero-order valence-electron chi connectivity index (χ0n) is 10.6. The second-order valence-corrected chi connectivity index (χ2v) is 4.81. The van der Waals surface area contributed by atoms with Crippen molar-refractivity contribution in [1.29, 1.82) is 0 Å². The first-order valence-electron chi connectivity index (χ1n) is 5.81. The number of methoxy groups -OCH3 is 1. The van der Waals surface area contributed by atoms with Gasteiger partial charge in [-0.3, -0.25) is 0 Å². The van der Waals surface area contributed by atoms with Gasteiger partial charge in [-0.15, -0.1) is 0 Å². The van der Waals surface area contributed by atoms with E-state index in [0.717, 1.165) is 28.8 Å². The quantitative estimate of drug-likeness (QED) is 0.877. The molecule has 0 saturated heterocycles. The Hall–Kier alpha value is -0.580. The monoisotopic (exact) mass is 301 g/mol. The van der Waals surface area contributed by atoms with Crippen LogP contribution in [0.2, 0.25) is 0 Å². The van der Waals surface area contributed by atoms with Gasteiger partial charge >= 0.3 is 0 Å². The predicted octanol–water partition coefficient (Wildman–Crippen LogP) is 2.98. The number of benzene rings is 1. The molecule has 0 spiro atoms. The lowest BCUT2D eigenvalue weighted by molar-refractivity contribution is 0.199. The fraction of sp³-hybridized carbons (Fsp3) is 0.538. The molecule has 0 aliphatic heterocycles. The second-order valence-electron chi connectivity index (χ2n) is 3.96. The number of anilines is 1. The van der Waals surface area contributed by atoms with E-state index in [9.17, 15) is 5.11 Å². The molecule has 1 unspecified atom stereocenters. The molecule has 1 aromatic carbocycles. The minimum absolute atomic E-state index is 0.436. The highest BCUT2D eigenvalue weighted by molar-refractivity contribution is 9.10. The summed E-state index contributed by atoms with van der Waals surface area (Å²) in [5.74, 6) is 0. The second kappa shape index (κ2) is 6.99. The van der Waals surface area contributed by atoms with E-state index in [1.807, 2.05) is 18.2 Å². The Kier molecular flexibility index (Phi) is 5.95. The van der Waals surface area contributed by atoms with Crippen molar-refractivity contribution in [2.75, 3.05) is 31.7 Å². The number of nitrogens with zero attached hydrogens (tertiary/aromatic N) is 1. The number of rotatable bonds is 6.